The normalized spacial score (nSPS) is 20.1. The van der Waals surface area contributed by atoms with Gasteiger partial charge in [0.25, 0.3) is 0 Å². The summed E-state index contributed by atoms with van der Waals surface area (Å²) in [6.45, 7) is 6.41. The van der Waals surface area contributed by atoms with Crippen molar-refractivity contribution in [2.24, 2.45) is 5.92 Å². The summed E-state index contributed by atoms with van der Waals surface area (Å²) in [6.07, 6.45) is 3.33. The zero-order chi connectivity index (χ0) is 15.4. The Hall–Kier alpha value is -1.92. The average Bonchev–Trinajstić information content (AvgIpc) is 3.10. The Morgan fingerprint density at radius 2 is 2.24 bits per heavy atom. The Morgan fingerprint density at radius 3 is 2.81 bits per heavy atom. The standard InChI is InChI=1S/C14H22N4O3/c1-4-11(5-2)18-7-10(6-12(18)19)14(20)16-9(3)13-15-8-21-17-13/h8-11H,4-7H2,1-3H3,(H,16,20). The summed E-state index contributed by atoms with van der Waals surface area (Å²) in [4.78, 5) is 30.1. The van der Waals surface area contributed by atoms with Gasteiger partial charge in [-0.05, 0) is 19.8 Å². The van der Waals surface area contributed by atoms with Gasteiger partial charge in [-0.1, -0.05) is 19.0 Å². The van der Waals surface area contributed by atoms with Gasteiger partial charge >= 0.3 is 0 Å². The maximum Gasteiger partial charge on any atom is 0.226 e. The molecule has 1 aliphatic rings. The lowest BCUT2D eigenvalue weighted by Gasteiger charge is -2.26. The molecule has 1 saturated heterocycles. The second-order valence-electron chi connectivity index (χ2n) is 5.44. The molecule has 7 nitrogen and oxygen atoms in total. The van der Waals surface area contributed by atoms with Gasteiger partial charge in [0.15, 0.2) is 5.82 Å². The molecular weight excluding hydrogens is 272 g/mol. The molecule has 1 fully saturated rings. The topological polar surface area (TPSA) is 88.3 Å². The van der Waals surface area contributed by atoms with Crippen LogP contribution in [0.4, 0.5) is 0 Å². The van der Waals surface area contributed by atoms with Crippen LogP contribution < -0.4 is 5.32 Å². The van der Waals surface area contributed by atoms with Gasteiger partial charge in [-0.15, -0.1) is 0 Å². The number of likely N-dealkylation sites (tertiary alicyclic amines) is 1. The first-order chi connectivity index (χ1) is 10.1. The molecule has 0 aromatic carbocycles. The molecule has 2 amide bonds. The van der Waals surface area contributed by atoms with E-state index in [0.29, 0.717) is 12.4 Å². The zero-order valence-electron chi connectivity index (χ0n) is 12.7. The average molecular weight is 294 g/mol. The van der Waals surface area contributed by atoms with Crippen molar-refractivity contribution in [3.63, 3.8) is 0 Å². The van der Waals surface area contributed by atoms with Crippen molar-refractivity contribution in [3.05, 3.63) is 12.2 Å². The van der Waals surface area contributed by atoms with Crippen LogP contribution in [-0.2, 0) is 9.59 Å². The van der Waals surface area contributed by atoms with Gasteiger partial charge in [-0.3, -0.25) is 9.59 Å². The summed E-state index contributed by atoms with van der Waals surface area (Å²) in [5.41, 5.74) is 0. The van der Waals surface area contributed by atoms with Crippen LogP contribution in [-0.4, -0.2) is 39.4 Å². The molecule has 1 aromatic heterocycles. The van der Waals surface area contributed by atoms with Crippen molar-refractivity contribution in [3.8, 4) is 0 Å². The van der Waals surface area contributed by atoms with Crippen LogP contribution in [0.25, 0.3) is 0 Å². The maximum atomic E-state index is 12.3. The second-order valence-corrected chi connectivity index (χ2v) is 5.44. The third-order valence-electron chi connectivity index (χ3n) is 4.04. The van der Waals surface area contributed by atoms with E-state index in [2.05, 4.69) is 33.8 Å². The molecule has 0 bridgehead atoms. The first-order valence-corrected chi connectivity index (χ1v) is 7.42. The third kappa shape index (κ3) is 3.40. The van der Waals surface area contributed by atoms with E-state index in [1.165, 1.54) is 6.39 Å². The molecule has 2 unspecified atom stereocenters. The quantitative estimate of drug-likeness (QED) is 0.854. The second kappa shape index (κ2) is 6.69. The van der Waals surface area contributed by atoms with Gasteiger partial charge in [0.1, 0.15) is 0 Å². The molecule has 1 N–H and O–H groups in total. The molecule has 21 heavy (non-hydrogen) atoms. The van der Waals surface area contributed by atoms with E-state index in [-0.39, 0.29) is 36.2 Å². The predicted molar refractivity (Wildman–Crippen MR) is 75.0 cm³/mol. The number of rotatable bonds is 6. The Balaban J connectivity index is 1.94. The van der Waals surface area contributed by atoms with E-state index in [0.717, 1.165) is 12.8 Å². The Bertz CT molecular complexity index is 484. The van der Waals surface area contributed by atoms with E-state index in [9.17, 15) is 9.59 Å². The van der Waals surface area contributed by atoms with E-state index in [1.807, 2.05) is 4.90 Å². The van der Waals surface area contributed by atoms with Crippen molar-refractivity contribution in [1.29, 1.82) is 0 Å². The molecule has 0 spiro atoms. The van der Waals surface area contributed by atoms with Gasteiger partial charge in [0.2, 0.25) is 18.2 Å². The van der Waals surface area contributed by atoms with E-state index < -0.39 is 0 Å². The monoisotopic (exact) mass is 294 g/mol. The summed E-state index contributed by atoms with van der Waals surface area (Å²) in [5, 5.41) is 6.54. The highest BCUT2D eigenvalue weighted by Crippen LogP contribution is 2.23. The van der Waals surface area contributed by atoms with Crippen molar-refractivity contribution < 1.29 is 14.1 Å². The summed E-state index contributed by atoms with van der Waals surface area (Å²) in [5.74, 6) is 0.0714. The molecular formula is C14H22N4O3. The van der Waals surface area contributed by atoms with Crippen LogP contribution in [0.1, 0.15) is 51.9 Å². The minimum absolute atomic E-state index is 0.0658. The number of carbonyl (C=O) groups is 2. The molecule has 2 rings (SSSR count). The molecule has 2 heterocycles. The van der Waals surface area contributed by atoms with Gasteiger partial charge in [-0.25, -0.2) is 0 Å². The molecule has 0 aliphatic carbocycles. The smallest absolute Gasteiger partial charge is 0.226 e. The first kappa shape index (κ1) is 15.5. The molecule has 1 aliphatic heterocycles. The number of aromatic nitrogens is 2. The molecule has 116 valence electrons. The SMILES string of the molecule is CCC(CC)N1CC(C(=O)NC(C)c2ncon2)CC1=O. The van der Waals surface area contributed by atoms with Gasteiger partial charge in [-0.2, -0.15) is 4.98 Å². The highest BCUT2D eigenvalue weighted by molar-refractivity contribution is 5.89. The first-order valence-electron chi connectivity index (χ1n) is 7.42. The van der Waals surface area contributed by atoms with Gasteiger partial charge in [0.05, 0.1) is 12.0 Å². The highest BCUT2D eigenvalue weighted by atomic mass is 16.5. The Morgan fingerprint density at radius 1 is 1.52 bits per heavy atom. The Labute approximate surface area is 124 Å². The molecule has 7 heteroatoms. The number of hydrogen-bond donors (Lipinski definition) is 1. The zero-order valence-corrected chi connectivity index (χ0v) is 12.7. The minimum atomic E-state index is -0.325. The maximum absolute atomic E-state index is 12.3. The van der Waals surface area contributed by atoms with Crippen LogP contribution in [0.2, 0.25) is 0 Å². The van der Waals surface area contributed by atoms with E-state index in [1.54, 1.807) is 6.92 Å². The molecule has 1 aromatic rings. The lowest BCUT2D eigenvalue weighted by Crippen LogP contribution is -2.38. The third-order valence-corrected chi connectivity index (χ3v) is 4.04. The number of amides is 2. The van der Waals surface area contributed by atoms with Crippen molar-refractivity contribution in [1.82, 2.24) is 20.4 Å². The van der Waals surface area contributed by atoms with Crippen LogP contribution in [0, 0.1) is 5.92 Å². The largest absolute Gasteiger partial charge is 0.346 e. The summed E-state index contributed by atoms with van der Waals surface area (Å²) >= 11 is 0. The van der Waals surface area contributed by atoms with Crippen LogP contribution in [0.3, 0.4) is 0 Å². The number of hydrogen-bond acceptors (Lipinski definition) is 5. The lowest BCUT2D eigenvalue weighted by molar-refractivity contribution is -0.130. The Kier molecular flexibility index (Phi) is 4.93. The fourth-order valence-electron chi connectivity index (χ4n) is 2.75. The summed E-state index contributed by atoms with van der Waals surface area (Å²) < 4.78 is 4.66. The van der Waals surface area contributed by atoms with Crippen LogP contribution >= 0.6 is 0 Å². The number of carbonyl (C=O) groups excluding carboxylic acids is 2. The van der Waals surface area contributed by atoms with Gasteiger partial charge in [0, 0.05) is 19.0 Å². The number of nitrogens with one attached hydrogen (secondary N) is 1. The van der Waals surface area contributed by atoms with Crippen molar-refractivity contribution >= 4 is 11.8 Å². The summed E-state index contributed by atoms with van der Waals surface area (Å²) in [7, 11) is 0. The highest BCUT2D eigenvalue weighted by Gasteiger charge is 2.37. The summed E-state index contributed by atoms with van der Waals surface area (Å²) in [6, 6.07) is -0.0986. The predicted octanol–water partition coefficient (Wildman–Crippen LogP) is 1.28. The van der Waals surface area contributed by atoms with E-state index in [4.69, 9.17) is 0 Å². The molecule has 0 radical (unpaired) electrons. The fourth-order valence-corrected chi connectivity index (χ4v) is 2.75. The van der Waals surface area contributed by atoms with Crippen molar-refractivity contribution in [2.75, 3.05) is 6.54 Å². The van der Waals surface area contributed by atoms with Crippen molar-refractivity contribution in [2.45, 2.75) is 52.1 Å². The minimum Gasteiger partial charge on any atom is -0.346 e. The molecule has 2 atom stereocenters. The lowest BCUT2D eigenvalue weighted by atomic mass is 10.1. The molecule has 0 saturated carbocycles. The number of nitrogens with zero attached hydrogens (tertiary/aromatic N) is 3. The van der Waals surface area contributed by atoms with E-state index >= 15 is 0 Å². The fraction of sp³-hybridized carbons (Fsp3) is 0.714. The van der Waals surface area contributed by atoms with Gasteiger partial charge < -0.3 is 14.7 Å². The van der Waals surface area contributed by atoms with Crippen LogP contribution in [0.15, 0.2) is 10.9 Å². The van der Waals surface area contributed by atoms with Crippen LogP contribution in [0.5, 0.6) is 0 Å².